The van der Waals surface area contributed by atoms with Gasteiger partial charge in [-0.05, 0) is 54.8 Å². The number of aliphatic hydroxyl groups is 1. The Labute approximate surface area is 292 Å². The summed E-state index contributed by atoms with van der Waals surface area (Å²) < 4.78 is 12.3. The molecule has 2 aromatic heterocycles. The van der Waals surface area contributed by atoms with E-state index in [1.54, 1.807) is 44.2 Å². The monoisotopic (exact) mass is 724 g/mol. The zero-order valence-corrected chi connectivity index (χ0v) is 29.2. The molecule has 0 saturated heterocycles. The van der Waals surface area contributed by atoms with Gasteiger partial charge < -0.3 is 14.6 Å². The summed E-state index contributed by atoms with van der Waals surface area (Å²) in [6.45, 7) is 3.83. The van der Waals surface area contributed by atoms with E-state index in [0.717, 1.165) is 22.5 Å². The Morgan fingerprint density at radius 1 is 1.02 bits per heavy atom. The summed E-state index contributed by atoms with van der Waals surface area (Å²) in [7, 11) is 1.51. The number of carbonyl (C=O) groups is 2. The summed E-state index contributed by atoms with van der Waals surface area (Å²) in [4.78, 5) is 33.8. The number of ketones is 1. The highest BCUT2D eigenvalue weighted by molar-refractivity contribution is 8.00. The number of Topliss-reactive ketones (excluding diaryl/α,β-unsaturated/α-hetero) is 1. The molecule has 1 unspecified atom stereocenters. The Bertz CT molecular complexity index is 2010. The molecule has 47 heavy (non-hydrogen) atoms. The fourth-order valence-corrected chi connectivity index (χ4v) is 8.36. The number of anilines is 1. The summed E-state index contributed by atoms with van der Waals surface area (Å²) in [5.74, 6) is -0.573. The van der Waals surface area contributed by atoms with Crippen LogP contribution in [0.3, 0.4) is 0 Å². The molecule has 14 heteroatoms. The van der Waals surface area contributed by atoms with Crippen molar-refractivity contribution >= 4 is 74.5 Å². The molecule has 1 aliphatic heterocycles. The Morgan fingerprint density at radius 3 is 2.51 bits per heavy atom. The van der Waals surface area contributed by atoms with Gasteiger partial charge in [-0.3, -0.25) is 14.5 Å². The molecule has 0 radical (unpaired) electrons. The highest BCUT2D eigenvalue weighted by Crippen LogP contribution is 2.46. The first kappa shape index (κ1) is 33.0. The molecule has 3 aromatic carbocycles. The maximum atomic E-state index is 14.1. The van der Waals surface area contributed by atoms with Gasteiger partial charge in [0, 0.05) is 15.8 Å². The van der Waals surface area contributed by atoms with E-state index in [1.807, 2.05) is 36.4 Å². The highest BCUT2D eigenvalue weighted by Gasteiger charge is 2.47. The third-order valence-electron chi connectivity index (χ3n) is 7.27. The van der Waals surface area contributed by atoms with Crippen molar-refractivity contribution in [2.24, 2.45) is 0 Å². The largest absolute Gasteiger partial charge is 0.503 e. The second-order valence-corrected chi connectivity index (χ2v) is 14.6. The van der Waals surface area contributed by atoms with E-state index >= 15 is 0 Å². The summed E-state index contributed by atoms with van der Waals surface area (Å²) in [6, 6.07) is 19.1. The Balaban J connectivity index is 1.36. The smallest absolute Gasteiger partial charge is 0.296 e. The van der Waals surface area contributed by atoms with Crippen LogP contribution in [0.2, 0.25) is 10.0 Å². The lowest BCUT2D eigenvalue weighted by Gasteiger charge is -2.25. The average Bonchev–Trinajstić information content (AvgIpc) is 3.74. The number of rotatable bonds is 11. The highest BCUT2D eigenvalue weighted by atomic mass is 35.5. The minimum Gasteiger partial charge on any atom is -0.503 e. The molecule has 3 heterocycles. The number of aromatic nitrogens is 3. The standard InChI is InChI=1S/C33H26Cl2N4O5S3/c1-17-30(46-18(2)36-17)28(40)26-27(20-10-12-24(25(13-20)43-3)44-15-19-7-5-4-6-8-19)39(31(42)29(26)41)32-37-38-33(47-32)45-16-21-9-11-22(34)14-23(21)35/h4-14,27,41H,15-16H2,1-3H3. The second-order valence-electron chi connectivity index (χ2n) is 10.4. The van der Waals surface area contributed by atoms with Gasteiger partial charge in [0.15, 0.2) is 21.6 Å². The molecule has 1 aliphatic rings. The minimum absolute atomic E-state index is 0.0842. The number of ether oxygens (including phenoxy) is 2. The average molecular weight is 726 g/mol. The number of carbonyl (C=O) groups excluding carboxylic acids is 2. The van der Waals surface area contributed by atoms with Crippen molar-refractivity contribution in [3.8, 4) is 11.5 Å². The number of thioether (sulfide) groups is 1. The van der Waals surface area contributed by atoms with Crippen LogP contribution >= 0.6 is 57.6 Å². The first-order valence-electron chi connectivity index (χ1n) is 14.1. The van der Waals surface area contributed by atoms with Gasteiger partial charge >= 0.3 is 0 Å². The molecule has 1 amide bonds. The number of hydrogen-bond acceptors (Lipinski definition) is 11. The first-order chi connectivity index (χ1) is 22.6. The molecule has 0 aliphatic carbocycles. The van der Waals surface area contributed by atoms with E-state index in [4.69, 9.17) is 32.7 Å². The van der Waals surface area contributed by atoms with Crippen LogP contribution in [-0.2, 0) is 17.2 Å². The number of thiazole rings is 1. The summed E-state index contributed by atoms with van der Waals surface area (Å²) >= 11 is 16.1. The zero-order valence-electron chi connectivity index (χ0n) is 25.2. The number of benzene rings is 3. The van der Waals surface area contributed by atoms with Gasteiger partial charge in [-0.25, -0.2) is 4.98 Å². The topological polar surface area (TPSA) is 115 Å². The van der Waals surface area contributed by atoms with Crippen LogP contribution < -0.4 is 14.4 Å². The number of aryl methyl sites for hydroxylation is 2. The Kier molecular flexibility index (Phi) is 9.85. The van der Waals surface area contributed by atoms with Crippen LogP contribution in [0.25, 0.3) is 0 Å². The van der Waals surface area contributed by atoms with Gasteiger partial charge in [-0.2, -0.15) is 0 Å². The van der Waals surface area contributed by atoms with Gasteiger partial charge in [0.25, 0.3) is 5.91 Å². The van der Waals surface area contributed by atoms with Crippen LogP contribution in [-0.4, -0.2) is 39.1 Å². The van der Waals surface area contributed by atoms with Crippen molar-refractivity contribution in [3.63, 3.8) is 0 Å². The van der Waals surface area contributed by atoms with Crippen LogP contribution in [0.15, 0.2) is 82.4 Å². The van der Waals surface area contributed by atoms with Gasteiger partial charge in [0.2, 0.25) is 10.9 Å². The van der Waals surface area contributed by atoms with Crippen LogP contribution in [0, 0.1) is 13.8 Å². The van der Waals surface area contributed by atoms with Gasteiger partial charge in [-0.1, -0.05) is 88.8 Å². The molecule has 0 saturated carbocycles. The molecule has 0 spiro atoms. The number of hydrogen-bond donors (Lipinski definition) is 1. The van der Waals surface area contributed by atoms with Crippen molar-refractivity contribution in [1.82, 2.24) is 15.2 Å². The van der Waals surface area contributed by atoms with Crippen molar-refractivity contribution in [3.05, 3.63) is 120 Å². The normalized spacial score (nSPS) is 14.6. The molecule has 9 nitrogen and oxygen atoms in total. The van der Waals surface area contributed by atoms with E-state index < -0.39 is 23.5 Å². The van der Waals surface area contributed by atoms with Crippen LogP contribution in [0.1, 0.15) is 43.1 Å². The lowest BCUT2D eigenvalue weighted by molar-refractivity contribution is -0.117. The fraction of sp³-hybridized carbons (Fsp3) is 0.182. The molecule has 240 valence electrons. The van der Waals surface area contributed by atoms with Crippen molar-refractivity contribution < 1.29 is 24.2 Å². The minimum atomic E-state index is -1.04. The lowest BCUT2D eigenvalue weighted by Crippen LogP contribution is -2.31. The Hall–Kier alpha value is -3.94. The molecule has 5 aromatic rings. The fourth-order valence-electron chi connectivity index (χ4n) is 5.06. The molecule has 1 atom stereocenters. The van der Waals surface area contributed by atoms with Crippen molar-refractivity contribution in [1.29, 1.82) is 0 Å². The number of methoxy groups -OCH3 is 1. The molecule has 0 bridgehead atoms. The Morgan fingerprint density at radius 2 is 1.81 bits per heavy atom. The maximum Gasteiger partial charge on any atom is 0.296 e. The van der Waals surface area contributed by atoms with Crippen LogP contribution in [0.5, 0.6) is 11.5 Å². The van der Waals surface area contributed by atoms with E-state index in [1.165, 1.54) is 35.1 Å². The molecule has 6 rings (SSSR count). The third kappa shape index (κ3) is 6.88. The first-order valence-corrected chi connectivity index (χ1v) is 17.5. The molecular formula is C33H26Cl2N4O5S3. The van der Waals surface area contributed by atoms with Gasteiger partial charge in [-0.15, -0.1) is 21.5 Å². The number of amides is 1. The predicted molar refractivity (Wildman–Crippen MR) is 186 cm³/mol. The molecule has 1 N–H and O–H groups in total. The predicted octanol–water partition coefficient (Wildman–Crippen LogP) is 8.58. The summed E-state index contributed by atoms with van der Waals surface area (Å²) in [5, 5.41) is 21.8. The zero-order chi connectivity index (χ0) is 33.2. The van der Waals surface area contributed by atoms with Crippen molar-refractivity contribution in [2.45, 2.75) is 36.6 Å². The van der Waals surface area contributed by atoms with Gasteiger partial charge in [0.05, 0.1) is 34.3 Å². The second kappa shape index (κ2) is 14.0. The van der Waals surface area contributed by atoms with Crippen molar-refractivity contribution in [2.75, 3.05) is 12.0 Å². The number of aliphatic hydroxyl groups excluding tert-OH is 1. The number of nitrogens with zero attached hydrogens (tertiary/aromatic N) is 4. The van der Waals surface area contributed by atoms with E-state index in [9.17, 15) is 14.7 Å². The maximum absolute atomic E-state index is 14.1. The SMILES string of the molecule is COc1cc(C2C(C(=O)c3sc(C)nc3C)=C(O)C(=O)N2c2nnc(SCc3ccc(Cl)cc3Cl)s2)ccc1OCc1ccccc1. The summed E-state index contributed by atoms with van der Waals surface area (Å²) in [6.07, 6.45) is 0. The van der Waals surface area contributed by atoms with E-state index in [0.29, 0.717) is 59.4 Å². The van der Waals surface area contributed by atoms with E-state index in [-0.39, 0.29) is 10.7 Å². The lowest BCUT2D eigenvalue weighted by atomic mass is 9.95. The van der Waals surface area contributed by atoms with Gasteiger partial charge in [0.1, 0.15) is 6.61 Å². The molecular weight excluding hydrogens is 699 g/mol. The van der Waals surface area contributed by atoms with Crippen LogP contribution in [0.4, 0.5) is 5.13 Å². The number of halogens is 2. The van der Waals surface area contributed by atoms with E-state index in [2.05, 4.69) is 15.2 Å². The summed E-state index contributed by atoms with van der Waals surface area (Å²) in [5.41, 5.74) is 2.77. The molecule has 0 fully saturated rings. The quantitative estimate of drug-likeness (QED) is 0.0813. The third-order valence-corrected chi connectivity index (χ3v) is 11.0.